The molecular weight excluding hydrogens is 254 g/mol. The molecule has 0 aliphatic carbocycles. The van der Waals surface area contributed by atoms with Crippen LogP contribution in [0.15, 0.2) is 42.5 Å². The fraction of sp³-hybridized carbons (Fsp3) is 0.188. The summed E-state index contributed by atoms with van der Waals surface area (Å²) in [6, 6.07) is 14.5. The molecule has 0 bridgehead atoms. The summed E-state index contributed by atoms with van der Waals surface area (Å²) in [4.78, 5) is 4.69. The molecule has 1 aromatic heterocycles. The van der Waals surface area contributed by atoms with Crippen LogP contribution in [-0.4, -0.2) is 12.1 Å². The Hall–Kier alpha value is -1.87. The molecule has 0 spiro atoms. The van der Waals surface area contributed by atoms with Crippen LogP contribution in [0.5, 0.6) is 5.75 Å². The van der Waals surface area contributed by atoms with E-state index in [0.717, 1.165) is 22.7 Å². The van der Waals surface area contributed by atoms with E-state index in [0.29, 0.717) is 0 Å². The number of thiazole rings is 1. The third-order valence-electron chi connectivity index (χ3n) is 3.20. The molecule has 3 heteroatoms. The second kappa shape index (κ2) is 5.02. The molecule has 0 saturated heterocycles. The Morgan fingerprint density at radius 2 is 2.00 bits per heavy atom. The number of aromatic nitrogens is 1. The van der Waals surface area contributed by atoms with Gasteiger partial charge in [0.2, 0.25) is 0 Å². The highest BCUT2D eigenvalue weighted by Gasteiger charge is 2.08. The molecule has 0 aliphatic rings. The third kappa shape index (κ3) is 2.22. The summed E-state index contributed by atoms with van der Waals surface area (Å²) in [6.45, 7) is 2.14. The maximum Gasteiger partial charge on any atom is 0.124 e. The van der Waals surface area contributed by atoms with Gasteiger partial charge in [-0.15, -0.1) is 11.3 Å². The Morgan fingerprint density at radius 1 is 1.16 bits per heavy atom. The molecule has 3 aromatic rings. The van der Waals surface area contributed by atoms with Gasteiger partial charge < -0.3 is 4.74 Å². The van der Waals surface area contributed by atoms with Crippen LogP contribution in [0.2, 0.25) is 0 Å². The normalized spacial score (nSPS) is 10.8. The van der Waals surface area contributed by atoms with Gasteiger partial charge in [-0.1, -0.05) is 19.1 Å². The molecule has 0 unspecified atom stereocenters. The fourth-order valence-corrected chi connectivity index (χ4v) is 3.15. The lowest BCUT2D eigenvalue weighted by Gasteiger charge is -2.07. The van der Waals surface area contributed by atoms with E-state index < -0.39 is 0 Å². The summed E-state index contributed by atoms with van der Waals surface area (Å²) in [5, 5.41) is 1.07. The van der Waals surface area contributed by atoms with Gasteiger partial charge in [0.05, 0.1) is 17.3 Å². The first-order valence-electron chi connectivity index (χ1n) is 6.34. The van der Waals surface area contributed by atoms with Crippen LogP contribution in [0.3, 0.4) is 0 Å². The predicted octanol–water partition coefficient (Wildman–Crippen LogP) is 4.53. The molecule has 0 radical (unpaired) electrons. The van der Waals surface area contributed by atoms with Gasteiger partial charge in [0.1, 0.15) is 10.8 Å². The zero-order chi connectivity index (χ0) is 13.2. The number of ether oxygens (including phenoxy) is 1. The monoisotopic (exact) mass is 269 g/mol. The fourth-order valence-electron chi connectivity index (χ4n) is 2.18. The Kier molecular flexibility index (Phi) is 3.22. The number of nitrogens with zero attached hydrogens (tertiary/aromatic N) is 1. The number of hydrogen-bond donors (Lipinski definition) is 0. The van der Waals surface area contributed by atoms with E-state index >= 15 is 0 Å². The second-order valence-electron chi connectivity index (χ2n) is 4.37. The van der Waals surface area contributed by atoms with Crippen LogP contribution in [0.1, 0.15) is 12.5 Å². The first-order chi connectivity index (χ1) is 9.31. The third-order valence-corrected chi connectivity index (χ3v) is 4.29. The van der Waals surface area contributed by atoms with Gasteiger partial charge in [-0.25, -0.2) is 4.98 Å². The smallest absolute Gasteiger partial charge is 0.124 e. The molecule has 0 saturated carbocycles. The number of hydrogen-bond acceptors (Lipinski definition) is 3. The van der Waals surface area contributed by atoms with Crippen molar-refractivity contribution in [1.82, 2.24) is 4.98 Å². The lowest BCUT2D eigenvalue weighted by molar-refractivity contribution is 0.410. The molecule has 0 fully saturated rings. The van der Waals surface area contributed by atoms with E-state index in [4.69, 9.17) is 9.72 Å². The first kappa shape index (κ1) is 12.2. The van der Waals surface area contributed by atoms with Gasteiger partial charge in [0.15, 0.2) is 0 Å². The number of benzene rings is 2. The Labute approximate surface area is 116 Å². The summed E-state index contributed by atoms with van der Waals surface area (Å²) < 4.78 is 6.60. The summed E-state index contributed by atoms with van der Waals surface area (Å²) in [6.07, 6.45) is 0.960. The molecule has 3 rings (SSSR count). The van der Waals surface area contributed by atoms with E-state index in [1.165, 1.54) is 15.8 Å². The zero-order valence-corrected chi connectivity index (χ0v) is 11.8. The summed E-state index contributed by atoms with van der Waals surface area (Å²) in [7, 11) is 1.71. The number of para-hydroxylation sites is 1. The largest absolute Gasteiger partial charge is 0.496 e. The lowest BCUT2D eigenvalue weighted by Crippen LogP contribution is -1.90. The Bertz CT molecular complexity index is 685. The average Bonchev–Trinajstić information content (AvgIpc) is 2.90. The molecule has 19 heavy (non-hydrogen) atoms. The summed E-state index contributed by atoms with van der Waals surface area (Å²) in [5.41, 5.74) is 3.45. The Balaban J connectivity index is 2.10. The van der Waals surface area contributed by atoms with Gasteiger partial charge in [-0.05, 0) is 42.3 Å². The van der Waals surface area contributed by atoms with Crippen molar-refractivity contribution in [2.24, 2.45) is 0 Å². The first-order valence-corrected chi connectivity index (χ1v) is 7.16. The van der Waals surface area contributed by atoms with Crippen molar-refractivity contribution in [1.29, 1.82) is 0 Å². The minimum absolute atomic E-state index is 0.951. The van der Waals surface area contributed by atoms with Gasteiger partial charge >= 0.3 is 0 Å². The lowest BCUT2D eigenvalue weighted by atomic mass is 10.1. The molecule has 1 heterocycles. The van der Waals surface area contributed by atoms with Crippen molar-refractivity contribution >= 4 is 21.6 Å². The highest BCUT2D eigenvalue weighted by Crippen LogP contribution is 2.32. The van der Waals surface area contributed by atoms with Crippen LogP contribution in [-0.2, 0) is 6.42 Å². The molecule has 2 aromatic carbocycles. The highest BCUT2D eigenvalue weighted by molar-refractivity contribution is 7.21. The van der Waals surface area contributed by atoms with Crippen LogP contribution >= 0.6 is 11.3 Å². The highest BCUT2D eigenvalue weighted by atomic mass is 32.1. The molecule has 0 aliphatic heterocycles. The van der Waals surface area contributed by atoms with Crippen molar-refractivity contribution < 1.29 is 4.74 Å². The van der Waals surface area contributed by atoms with Crippen molar-refractivity contribution in [3.05, 3.63) is 48.0 Å². The van der Waals surface area contributed by atoms with Crippen molar-refractivity contribution in [2.75, 3.05) is 7.11 Å². The van der Waals surface area contributed by atoms with Crippen molar-refractivity contribution in [2.45, 2.75) is 13.3 Å². The van der Waals surface area contributed by atoms with Crippen LogP contribution in [0, 0.1) is 0 Å². The minimum Gasteiger partial charge on any atom is -0.496 e. The number of fused-ring (bicyclic) bond motifs is 1. The number of aryl methyl sites for hydroxylation is 1. The van der Waals surface area contributed by atoms with E-state index in [9.17, 15) is 0 Å². The van der Waals surface area contributed by atoms with Gasteiger partial charge in [-0.2, -0.15) is 0 Å². The van der Waals surface area contributed by atoms with Crippen LogP contribution in [0.25, 0.3) is 20.8 Å². The van der Waals surface area contributed by atoms with Crippen LogP contribution < -0.4 is 4.74 Å². The topological polar surface area (TPSA) is 22.1 Å². The average molecular weight is 269 g/mol. The molecule has 96 valence electrons. The van der Waals surface area contributed by atoms with Crippen molar-refractivity contribution in [3.63, 3.8) is 0 Å². The molecule has 2 nitrogen and oxygen atoms in total. The van der Waals surface area contributed by atoms with Gasteiger partial charge in [0, 0.05) is 5.56 Å². The number of rotatable bonds is 3. The summed E-state index contributed by atoms with van der Waals surface area (Å²) in [5.74, 6) is 0.951. The standard InChI is InChI=1S/C16H15NOS/c1-3-11-10-12(8-9-14(11)18-2)16-17-13-6-4-5-7-15(13)19-16/h4-10H,3H2,1-2H3. The predicted molar refractivity (Wildman–Crippen MR) is 81.0 cm³/mol. The number of methoxy groups -OCH3 is 1. The van der Waals surface area contributed by atoms with Crippen molar-refractivity contribution in [3.8, 4) is 16.3 Å². The summed E-state index contributed by atoms with van der Waals surface area (Å²) >= 11 is 1.73. The van der Waals surface area contributed by atoms with E-state index in [1.807, 2.05) is 12.1 Å². The second-order valence-corrected chi connectivity index (χ2v) is 5.40. The van der Waals surface area contributed by atoms with E-state index in [2.05, 4.69) is 37.3 Å². The minimum atomic E-state index is 0.951. The van der Waals surface area contributed by atoms with E-state index in [-0.39, 0.29) is 0 Å². The molecule has 0 amide bonds. The van der Waals surface area contributed by atoms with Gasteiger partial charge in [0.25, 0.3) is 0 Å². The van der Waals surface area contributed by atoms with Gasteiger partial charge in [-0.3, -0.25) is 0 Å². The SMILES string of the molecule is CCc1cc(-c2nc3ccccc3s2)ccc1OC. The Morgan fingerprint density at radius 3 is 2.74 bits per heavy atom. The maximum atomic E-state index is 5.37. The molecule has 0 N–H and O–H groups in total. The molecular formula is C16H15NOS. The van der Waals surface area contributed by atoms with E-state index in [1.54, 1.807) is 18.4 Å². The maximum absolute atomic E-state index is 5.37. The van der Waals surface area contributed by atoms with Crippen LogP contribution in [0.4, 0.5) is 0 Å². The zero-order valence-electron chi connectivity index (χ0n) is 11.0. The molecule has 0 atom stereocenters. The quantitative estimate of drug-likeness (QED) is 0.696.